The van der Waals surface area contributed by atoms with E-state index in [0.717, 1.165) is 12.8 Å². The second kappa shape index (κ2) is 8.98. The average molecular weight is 346 g/mol. The third-order valence-corrected chi connectivity index (χ3v) is 3.53. The Labute approximate surface area is 140 Å². The van der Waals surface area contributed by atoms with Crippen molar-refractivity contribution in [2.45, 2.75) is 45.2 Å². The van der Waals surface area contributed by atoms with Gasteiger partial charge in [0.1, 0.15) is 6.04 Å². The van der Waals surface area contributed by atoms with Gasteiger partial charge in [0.15, 0.2) is 0 Å². The monoisotopic (exact) mass is 345 g/mol. The Morgan fingerprint density at radius 1 is 1.18 bits per heavy atom. The Balaban J connectivity index is 2.56. The summed E-state index contributed by atoms with van der Waals surface area (Å²) in [6.45, 7) is 3.65. The van der Waals surface area contributed by atoms with Crippen molar-refractivity contribution in [3.05, 3.63) is 28.2 Å². The van der Waals surface area contributed by atoms with Crippen molar-refractivity contribution in [3.63, 3.8) is 0 Å². The zero-order chi connectivity index (χ0) is 16.7. The molecule has 22 heavy (non-hydrogen) atoms. The van der Waals surface area contributed by atoms with E-state index < -0.39 is 23.9 Å². The molecule has 1 rings (SSSR count). The molecule has 0 saturated heterocycles. The molecule has 0 radical (unpaired) electrons. The maximum atomic E-state index is 12.0. The van der Waals surface area contributed by atoms with E-state index in [1.807, 2.05) is 6.92 Å². The van der Waals surface area contributed by atoms with Gasteiger partial charge in [0, 0.05) is 15.7 Å². The first-order valence-electron chi connectivity index (χ1n) is 7.16. The fraction of sp³-hybridized carbons (Fsp3) is 0.467. The molecule has 2 amide bonds. The molecule has 0 bridgehead atoms. The topological polar surface area (TPSA) is 84.2 Å². The first-order valence-corrected chi connectivity index (χ1v) is 7.92. The van der Waals surface area contributed by atoms with E-state index in [1.54, 1.807) is 25.1 Å². The van der Waals surface area contributed by atoms with Crippen LogP contribution in [-0.4, -0.2) is 23.9 Å². The maximum absolute atomic E-state index is 12.0. The summed E-state index contributed by atoms with van der Waals surface area (Å²) in [5, 5.41) is 6.16. The number of rotatable bonds is 7. The quantitative estimate of drug-likeness (QED) is 0.709. The number of amides is 2. The van der Waals surface area contributed by atoms with Crippen molar-refractivity contribution in [2.24, 2.45) is 5.73 Å². The zero-order valence-corrected chi connectivity index (χ0v) is 14.2. The third kappa shape index (κ3) is 6.22. The average Bonchev–Trinajstić information content (AvgIpc) is 2.43. The highest BCUT2D eigenvalue weighted by Gasteiger charge is 2.20. The molecule has 7 heteroatoms. The first kappa shape index (κ1) is 18.7. The lowest BCUT2D eigenvalue weighted by Gasteiger charge is -2.17. The van der Waals surface area contributed by atoms with Crippen LogP contribution in [0.2, 0.25) is 10.0 Å². The van der Waals surface area contributed by atoms with Crippen LogP contribution in [0, 0.1) is 0 Å². The van der Waals surface area contributed by atoms with Crippen molar-refractivity contribution in [1.29, 1.82) is 0 Å². The smallest absolute Gasteiger partial charge is 0.248 e. The largest absolute Gasteiger partial charge is 0.374 e. The Hall–Kier alpha value is -1.30. The zero-order valence-electron chi connectivity index (χ0n) is 12.7. The standard InChI is InChI=1S/C15H21Cl2N3O2/c1-3-4-5-13(18)15(22)20-14(21)9(2)19-12-7-10(16)6-11(17)8-12/h6-9,13,19H,3-5,18H2,1-2H3,(H,20,21,22). The summed E-state index contributed by atoms with van der Waals surface area (Å²) in [5.41, 5.74) is 6.32. The van der Waals surface area contributed by atoms with E-state index in [-0.39, 0.29) is 0 Å². The lowest BCUT2D eigenvalue weighted by molar-refractivity contribution is -0.131. The van der Waals surface area contributed by atoms with Crippen molar-refractivity contribution in [2.75, 3.05) is 5.32 Å². The first-order chi connectivity index (χ1) is 10.3. The molecule has 0 aliphatic rings. The molecule has 0 fully saturated rings. The van der Waals surface area contributed by atoms with E-state index in [0.29, 0.717) is 22.2 Å². The van der Waals surface area contributed by atoms with E-state index in [2.05, 4.69) is 10.6 Å². The number of nitrogens with two attached hydrogens (primary N) is 1. The number of carbonyl (C=O) groups is 2. The van der Waals surface area contributed by atoms with Crippen LogP contribution < -0.4 is 16.4 Å². The number of hydrogen-bond donors (Lipinski definition) is 3. The van der Waals surface area contributed by atoms with Crippen molar-refractivity contribution < 1.29 is 9.59 Å². The van der Waals surface area contributed by atoms with Crippen LogP contribution in [0.5, 0.6) is 0 Å². The summed E-state index contributed by atoms with van der Waals surface area (Å²) >= 11 is 11.8. The summed E-state index contributed by atoms with van der Waals surface area (Å²) in [7, 11) is 0. The van der Waals surface area contributed by atoms with Crippen LogP contribution >= 0.6 is 23.2 Å². The van der Waals surface area contributed by atoms with Crippen molar-refractivity contribution in [3.8, 4) is 0 Å². The van der Waals surface area contributed by atoms with Gasteiger partial charge in [-0.3, -0.25) is 14.9 Å². The fourth-order valence-electron chi connectivity index (χ4n) is 1.83. The highest BCUT2D eigenvalue weighted by molar-refractivity contribution is 6.35. The number of anilines is 1. The van der Waals surface area contributed by atoms with Gasteiger partial charge >= 0.3 is 0 Å². The lowest BCUT2D eigenvalue weighted by Crippen LogP contribution is -2.48. The van der Waals surface area contributed by atoms with Crippen LogP contribution in [-0.2, 0) is 9.59 Å². The number of hydrogen-bond acceptors (Lipinski definition) is 4. The van der Waals surface area contributed by atoms with Gasteiger partial charge in [-0.05, 0) is 31.5 Å². The summed E-state index contributed by atoms with van der Waals surface area (Å²) in [6, 6.07) is 3.58. The molecule has 2 atom stereocenters. The predicted octanol–water partition coefficient (Wildman–Crippen LogP) is 2.95. The second-order valence-electron chi connectivity index (χ2n) is 5.13. The molecule has 4 N–H and O–H groups in total. The van der Waals surface area contributed by atoms with Crippen LogP contribution in [0.15, 0.2) is 18.2 Å². The molecule has 122 valence electrons. The van der Waals surface area contributed by atoms with E-state index in [9.17, 15) is 9.59 Å². The molecule has 1 aromatic carbocycles. The normalized spacial score (nSPS) is 13.3. The minimum absolute atomic E-state index is 0.451. The molecule has 0 spiro atoms. The molecule has 0 aliphatic carbocycles. The van der Waals surface area contributed by atoms with Crippen LogP contribution in [0.3, 0.4) is 0 Å². The van der Waals surface area contributed by atoms with Gasteiger partial charge in [0.25, 0.3) is 0 Å². The van der Waals surface area contributed by atoms with Gasteiger partial charge in [0.05, 0.1) is 6.04 Å². The predicted molar refractivity (Wildman–Crippen MR) is 90.2 cm³/mol. The van der Waals surface area contributed by atoms with Gasteiger partial charge in [-0.25, -0.2) is 0 Å². The lowest BCUT2D eigenvalue weighted by atomic mass is 10.1. The highest BCUT2D eigenvalue weighted by Crippen LogP contribution is 2.22. The van der Waals surface area contributed by atoms with E-state index in [1.165, 1.54) is 0 Å². The highest BCUT2D eigenvalue weighted by atomic mass is 35.5. The molecule has 0 aromatic heterocycles. The molecule has 5 nitrogen and oxygen atoms in total. The number of imide groups is 1. The number of unbranched alkanes of at least 4 members (excludes halogenated alkanes) is 1. The Bertz CT molecular complexity index is 517. The number of benzene rings is 1. The fourth-order valence-corrected chi connectivity index (χ4v) is 2.36. The summed E-state index contributed by atoms with van der Waals surface area (Å²) < 4.78 is 0. The molecular weight excluding hydrogens is 325 g/mol. The van der Waals surface area contributed by atoms with E-state index in [4.69, 9.17) is 28.9 Å². The van der Waals surface area contributed by atoms with Crippen molar-refractivity contribution >= 4 is 40.7 Å². The molecular formula is C15H21Cl2N3O2. The van der Waals surface area contributed by atoms with Gasteiger partial charge in [-0.1, -0.05) is 43.0 Å². The molecule has 1 aromatic rings. The second-order valence-corrected chi connectivity index (χ2v) is 6.00. The Morgan fingerprint density at radius 2 is 1.77 bits per heavy atom. The number of nitrogens with one attached hydrogen (secondary N) is 2. The molecule has 2 unspecified atom stereocenters. The molecule has 0 saturated carbocycles. The third-order valence-electron chi connectivity index (χ3n) is 3.09. The van der Waals surface area contributed by atoms with Crippen LogP contribution in [0.4, 0.5) is 5.69 Å². The van der Waals surface area contributed by atoms with Gasteiger partial charge < -0.3 is 11.1 Å². The number of carbonyl (C=O) groups excluding carboxylic acids is 2. The van der Waals surface area contributed by atoms with Gasteiger partial charge in [-0.2, -0.15) is 0 Å². The Morgan fingerprint density at radius 3 is 2.32 bits per heavy atom. The minimum atomic E-state index is -0.670. The molecule has 0 aliphatic heterocycles. The van der Waals surface area contributed by atoms with Gasteiger partial charge in [-0.15, -0.1) is 0 Å². The number of halogens is 2. The summed E-state index contributed by atoms with van der Waals surface area (Å²) in [4.78, 5) is 23.8. The summed E-state index contributed by atoms with van der Waals surface area (Å²) in [5.74, 6) is -0.913. The maximum Gasteiger partial charge on any atom is 0.248 e. The van der Waals surface area contributed by atoms with Crippen molar-refractivity contribution in [1.82, 2.24) is 5.32 Å². The minimum Gasteiger partial charge on any atom is -0.374 e. The van der Waals surface area contributed by atoms with Crippen LogP contribution in [0.1, 0.15) is 33.1 Å². The van der Waals surface area contributed by atoms with E-state index >= 15 is 0 Å². The van der Waals surface area contributed by atoms with Gasteiger partial charge in [0.2, 0.25) is 11.8 Å². The SMILES string of the molecule is CCCCC(N)C(=O)NC(=O)C(C)Nc1cc(Cl)cc(Cl)c1. The van der Waals surface area contributed by atoms with Crippen LogP contribution in [0.25, 0.3) is 0 Å². The molecule has 0 heterocycles. The summed E-state index contributed by atoms with van der Waals surface area (Å²) in [6.07, 6.45) is 2.35. The Kier molecular flexibility index (Phi) is 7.65.